The van der Waals surface area contributed by atoms with Crippen LogP contribution in [0.3, 0.4) is 0 Å². The fourth-order valence-electron chi connectivity index (χ4n) is 5.08. The molecular weight excluding hydrogens is 307 g/mol. The lowest BCUT2D eigenvalue weighted by molar-refractivity contribution is 0.187. The molecule has 0 nitrogen and oxygen atoms in total. The van der Waals surface area contributed by atoms with Crippen molar-refractivity contribution in [3.8, 4) is 11.1 Å². The Morgan fingerprint density at radius 2 is 1.52 bits per heavy atom. The first-order valence-electron chi connectivity index (χ1n) is 10.1. The van der Waals surface area contributed by atoms with Gasteiger partial charge in [-0.2, -0.15) is 0 Å². The predicted octanol–water partition coefficient (Wildman–Crippen LogP) is 6.81. The van der Waals surface area contributed by atoms with Crippen molar-refractivity contribution in [2.75, 3.05) is 0 Å². The second kappa shape index (κ2) is 7.32. The Morgan fingerprint density at radius 3 is 2.24 bits per heavy atom. The molecule has 0 saturated heterocycles. The van der Waals surface area contributed by atoms with Crippen molar-refractivity contribution in [3.63, 3.8) is 0 Å². The average molecular weight is 336 g/mol. The van der Waals surface area contributed by atoms with E-state index in [1.54, 1.807) is 17.7 Å². The van der Waals surface area contributed by atoms with Crippen molar-refractivity contribution in [2.24, 2.45) is 17.8 Å². The number of rotatable bonds is 3. The summed E-state index contributed by atoms with van der Waals surface area (Å²) >= 11 is 0. The summed E-state index contributed by atoms with van der Waals surface area (Å²) < 4.78 is 13.1. The fraction of sp³-hybridized carbons (Fsp3) is 0.500. The van der Waals surface area contributed by atoms with Gasteiger partial charge in [0, 0.05) is 0 Å². The molecule has 1 atom stereocenters. The van der Waals surface area contributed by atoms with E-state index in [4.69, 9.17) is 0 Å². The third-order valence-corrected chi connectivity index (χ3v) is 6.79. The molecule has 25 heavy (non-hydrogen) atoms. The molecule has 0 heterocycles. The lowest BCUT2D eigenvalue weighted by atomic mass is 9.69. The highest BCUT2D eigenvalue weighted by Gasteiger charge is 2.29. The second-order valence-corrected chi connectivity index (χ2v) is 8.18. The van der Waals surface area contributed by atoms with E-state index in [-0.39, 0.29) is 5.82 Å². The highest BCUT2D eigenvalue weighted by atomic mass is 19.1. The van der Waals surface area contributed by atoms with Crippen LogP contribution in [0, 0.1) is 23.6 Å². The van der Waals surface area contributed by atoms with E-state index >= 15 is 0 Å². The molecule has 2 aromatic rings. The molecule has 2 aromatic carbocycles. The maximum absolute atomic E-state index is 13.1. The smallest absolute Gasteiger partial charge is 0.123 e. The normalized spacial score (nSPS) is 26.2. The zero-order valence-electron chi connectivity index (χ0n) is 15.3. The van der Waals surface area contributed by atoms with Crippen LogP contribution in [-0.4, -0.2) is 0 Å². The monoisotopic (exact) mass is 336 g/mol. The first-order chi connectivity index (χ1) is 12.2. The van der Waals surface area contributed by atoms with Gasteiger partial charge in [0.25, 0.3) is 0 Å². The van der Waals surface area contributed by atoms with E-state index in [1.807, 2.05) is 12.1 Å². The molecule has 2 aliphatic rings. The maximum Gasteiger partial charge on any atom is 0.123 e. The second-order valence-electron chi connectivity index (χ2n) is 8.18. The van der Waals surface area contributed by atoms with E-state index in [1.165, 1.54) is 62.5 Å². The Bertz CT molecular complexity index is 707. The van der Waals surface area contributed by atoms with Crippen molar-refractivity contribution in [1.29, 1.82) is 0 Å². The predicted molar refractivity (Wildman–Crippen MR) is 103 cm³/mol. The summed E-state index contributed by atoms with van der Waals surface area (Å²) in [6.45, 7) is 2.35. The van der Waals surface area contributed by atoms with Gasteiger partial charge in [-0.3, -0.25) is 0 Å². The van der Waals surface area contributed by atoms with Crippen LogP contribution in [0.4, 0.5) is 4.39 Å². The van der Waals surface area contributed by atoms with Gasteiger partial charge in [-0.1, -0.05) is 56.5 Å². The molecule has 0 aromatic heterocycles. The van der Waals surface area contributed by atoms with E-state index < -0.39 is 0 Å². The first-order valence-corrected chi connectivity index (χ1v) is 10.1. The topological polar surface area (TPSA) is 0 Å². The Hall–Kier alpha value is -1.63. The summed E-state index contributed by atoms with van der Waals surface area (Å²) in [6.07, 6.45) is 11.0. The summed E-state index contributed by atoms with van der Waals surface area (Å²) in [6, 6.07) is 13.8. The third-order valence-electron chi connectivity index (χ3n) is 6.79. The molecule has 132 valence electrons. The molecule has 1 unspecified atom stereocenters. The largest absolute Gasteiger partial charge is 0.207 e. The molecular formula is C24H29F. The molecule has 0 amide bonds. The summed E-state index contributed by atoms with van der Waals surface area (Å²) in [5.74, 6) is 2.67. The minimum Gasteiger partial charge on any atom is -0.207 e. The number of fused-ring (bicyclic) bond motifs is 1. The standard InChI is InChI=1S/C24H29F/c1-2-17-3-5-18(6-4-17)20-7-9-23-16-21(8-10-22(23)15-20)19-11-13-24(25)14-12-19/h8,10-14,16-18,20H,2-7,9,15H2,1H3. The van der Waals surface area contributed by atoms with Crippen LogP contribution in [0.5, 0.6) is 0 Å². The van der Waals surface area contributed by atoms with Gasteiger partial charge in [0.1, 0.15) is 5.82 Å². The summed E-state index contributed by atoms with van der Waals surface area (Å²) in [4.78, 5) is 0. The molecule has 2 aliphatic carbocycles. The fourth-order valence-corrected chi connectivity index (χ4v) is 5.08. The number of hydrogen-bond donors (Lipinski definition) is 0. The average Bonchev–Trinajstić information content (AvgIpc) is 2.68. The van der Waals surface area contributed by atoms with Crippen LogP contribution in [0.2, 0.25) is 0 Å². The zero-order valence-corrected chi connectivity index (χ0v) is 15.3. The van der Waals surface area contributed by atoms with Crippen LogP contribution in [0.25, 0.3) is 11.1 Å². The van der Waals surface area contributed by atoms with Crippen LogP contribution in [0.1, 0.15) is 56.6 Å². The third kappa shape index (κ3) is 3.66. The molecule has 0 radical (unpaired) electrons. The highest BCUT2D eigenvalue weighted by Crippen LogP contribution is 2.40. The number of hydrogen-bond acceptors (Lipinski definition) is 0. The maximum atomic E-state index is 13.1. The van der Waals surface area contributed by atoms with Crippen molar-refractivity contribution in [3.05, 3.63) is 59.4 Å². The van der Waals surface area contributed by atoms with Gasteiger partial charge in [-0.05, 0) is 84.2 Å². The van der Waals surface area contributed by atoms with Gasteiger partial charge in [0.2, 0.25) is 0 Å². The lowest BCUT2D eigenvalue weighted by Gasteiger charge is -2.36. The van der Waals surface area contributed by atoms with Crippen LogP contribution in [-0.2, 0) is 12.8 Å². The van der Waals surface area contributed by atoms with Crippen LogP contribution >= 0.6 is 0 Å². The first kappa shape index (κ1) is 16.8. The molecule has 0 bridgehead atoms. The van der Waals surface area contributed by atoms with Gasteiger partial charge in [0.15, 0.2) is 0 Å². The Morgan fingerprint density at radius 1 is 0.800 bits per heavy atom. The molecule has 0 spiro atoms. The molecule has 0 N–H and O–H groups in total. The lowest BCUT2D eigenvalue weighted by Crippen LogP contribution is -2.26. The van der Waals surface area contributed by atoms with Gasteiger partial charge >= 0.3 is 0 Å². The Kier molecular flexibility index (Phi) is 4.92. The van der Waals surface area contributed by atoms with E-state index in [2.05, 4.69) is 25.1 Å². The molecule has 0 aliphatic heterocycles. The van der Waals surface area contributed by atoms with Gasteiger partial charge < -0.3 is 0 Å². The molecule has 1 saturated carbocycles. The van der Waals surface area contributed by atoms with Crippen LogP contribution < -0.4 is 0 Å². The Labute approximate surface area is 151 Å². The van der Waals surface area contributed by atoms with Gasteiger partial charge in [0.05, 0.1) is 0 Å². The number of halogens is 1. The minimum atomic E-state index is -0.164. The van der Waals surface area contributed by atoms with Crippen molar-refractivity contribution >= 4 is 0 Å². The minimum absolute atomic E-state index is 0.164. The molecule has 1 heteroatoms. The molecule has 4 rings (SSSR count). The SMILES string of the molecule is CCC1CCC(C2CCc3cc(-c4ccc(F)cc4)ccc3C2)CC1. The van der Waals surface area contributed by atoms with Gasteiger partial charge in [-0.25, -0.2) is 4.39 Å². The number of benzene rings is 2. The summed E-state index contributed by atoms with van der Waals surface area (Å²) in [5.41, 5.74) is 5.41. The van der Waals surface area contributed by atoms with Crippen LogP contribution in [0.15, 0.2) is 42.5 Å². The van der Waals surface area contributed by atoms with E-state index in [0.717, 1.165) is 23.3 Å². The van der Waals surface area contributed by atoms with E-state index in [0.29, 0.717) is 0 Å². The zero-order chi connectivity index (χ0) is 17.2. The molecule has 1 fully saturated rings. The van der Waals surface area contributed by atoms with Crippen molar-refractivity contribution < 1.29 is 4.39 Å². The van der Waals surface area contributed by atoms with Gasteiger partial charge in [-0.15, -0.1) is 0 Å². The summed E-state index contributed by atoms with van der Waals surface area (Å²) in [7, 11) is 0. The Balaban J connectivity index is 1.46. The highest BCUT2D eigenvalue weighted by molar-refractivity contribution is 5.65. The van der Waals surface area contributed by atoms with E-state index in [9.17, 15) is 4.39 Å². The quantitative estimate of drug-likeness (QED) is 0.577. The van der Waals surface area contributed by atoms with Crippen molar-refractivity contribution in [2.45, 2.75) is 58.3 Å². The number of aryl methyl sites for hydroxylation is 1. The summed E-state index contributed by atoms with van der Waals surface area (Å²) in [5, 5.41) is 0. The van der Waals surface area contributed by atoms with Crippen molar-refractivity contribution in [1.82, 2.24) is 0 Å².